The van der Waals surface area contributed by atoms with E-state index >= 15 is 0 Å². The first-order chi connectivity index (χ1) is 17.1. The average molecular weight is 511 g/mol. The number of carbonyl (C=O) groups excluding carboxylic acids is 2. The summed E-state index contributed by atoms with van der Waals surface area (Å²) in [5.74, 6) is -0.757. The first-order valence-electron chi connectivity index (χ1n) is 12.8. The Hall–Kier alpha value is -2.68. The van der Waals surface area contributed by atoms with Gasteiger partial charge >= 0.3 is 0 Å². The number of ether oxygens (including phenoxy) is 4. The number of aromatic hydroxyl groups is 1. The van der Waals surface area contributed by atoms with Gasteiger partial charge in [0.2, 0.25) is 5.78 Å². The zero-order chi connectivity index (χ0) is 26.9. The highest BCUT2D eigenvalue weighted by Gasteiger charge is 2.84. The molecule has 1 aromatic rings. The van der Waals surface area contributed by atoms with Crippen LogP contribution in [0.4, 0.5) is 0 Å². The Balaban J connectivity index is 1.64. The molecule has 5 atom stereocenters. The summed E-state index contributed by atoms with van der Waals surface area (Å²) in [6.07, 6.45) is 3.76. The molecule has 3 heterocycles. The van der Waals surface area contributed by atoms with Crippen molar-refractivity contribution < 1.29 is 38.7 Å². The quantitative estimate of drug-likeness (QED) is 0.591. The predicted octanol–water partition coefficient (Wildman–Crippen LogP) is 3.60. The van der Waals surface area contributed by atoms with Crippen molar-refractivity contribution in [3.8, 4) is 17.2 Å². The number of allylic oxidation sites excluding steroid dienone is 1. The highest BCUT2D eigenvalue weighted by molar-refractivity contribution is 6.19. The molecule has 4 bridgehead atoms. The molecule has 1 spiro atoms. The number of rotatable bonds is 4. The third-order valence-electron chi connectivity index (χ3n) is 9.07. The van der Waals surface area contributed by atoms with Crippen molar-refractivity contribution in [2.75, 3.05) is 7.11 Å². The molecule has 0 aromatic heterocycles. The van der Waals surface area contributed by atoms with Crippen LogP contribution in [0.1, 0.15) is 70.3 Å². The van der Waals surface area contributed by atoms with E-state index in [0.29, 0.717) is 23.3 Å². The number of ketones is 2. The number of benzene rings is 1. The summed E-state index contributed by atoms with van der Waals surface area (Å²) in [4.78, 5) is 28.6. The van der Waals surface area contributed by atoms with Crippen LogP contribution in [0.15, 0.2) is 29.4 Å². The van der Waals surface area contributed by atoms with Crippen LogP contribution < -0.4 is 9.47 Å². The third-order valence-corrected chi connectivity index (χ3v) is 9.07. The second kappa shape index (κ2) is 7.04. The SMILES string of the molecule is CO[C@]12C=C3C(=O)c4c(O)cc5c(c4O[C@]34[C@H](C1)C(C)(C)O[C@]4(CC=C(C)C)C2=O)C[C@@H](C(C)(C)O)O5. The molecule has 2 N–H and O–H groups in total. The van der Waals surface area contributed by atoms with Gasteiger partial charge in [0, 0.05) is 43.1 Å². The number of phenolic OH excluding ortho intramolecular Hbond substituents is 1. The van der Waals surface area contributed by atoms with Gasteiger partial charge in [-0.2, -0.15) is 0 Å². The molecule has 1 aromatic carbocycles. The fourth-order valence-corrected chi connectivity index (χ4v) is 7.25. The van der Waals surface area contributed by atoms with E-state index in [9.17, 15) is 19.8 Å². The molecule has 3 aliphatic carbocycles. The first-order valence-corrected chi connectivity index (χ1v) is 12.8. The number of phenols is 1. The average Bonchev–Trinajstić information content (AvgIpc) is 3.30. The van der Waals surface area contributed by atoms with Gasteiger partial charge in [-0.05, 0) is 54.0 Å². The maximum absolute atomic E-state index is 14.4. The van der Waals surface area contributed by atoms with E-state index in [1.165, 1.54) is 13.2 Å². The summed E-state index contributed by atoms with van der Waals surface area (Å²) in [5, 5.41) is 21.6. The summed E-state index contributed by atoms with van der Waals surface area (Å²) in [5.41, 5.74) is -4.28. The van der Waals surface area contributed by atoms with Crippen molar-refractivity contribution in [1.29, 1.82) is 0 Å². The minimum Gasteiger partial charge on any atom is -0.507 e. The van der Waals surface area contributed by atoms with Crippen molar-refractivity contribution in [3.63, 3.8) is 0 Å². The van der Waals surface area contributed by atoms with Crippen LogP contribution >= 0.6 is 0 Å². The standard InChI is InChI=1S/C29H34O8/c1-14(2)8-9-28-24(32)27(34-7)12-16-22(31)21-17(30)11-18-15(10-20(35-18)25(3,4)33)23(21)36-29(16,28)19(13-27)26(5,6)37-28/h8,11-12,19-20,30,33H,9-10,13H2,1-7H3/t19-,20+,27-,28-,29+/m1/s1. The zero-order valence-electron chi connectivity index (χ0n) is 22.4. The Morgan fingerprint density at radius 1 is 1.27 bits per heavy atom. The highest BCUT2D eigenvalue weighted by atomic mass is 16.6. The summed E-state index contributed by atoms with van der Waals surface area (Å²) in [6.45, 7) is 11.0. The molecule has 198 valence electrons. The molecule has 2 fully saturated rings. The zero-order valence-corrected chi connectivity index (χ0v) is 22.4. The summed E-state index contributed by atoms with van der Waals surface area (Å²) >= 11 is 0. The Morgan fingerprint density at radius 2 is 1.97 bits per heavy atom. The Labute approximate surface area is 216 Å². The molecule has 3 aliphatic heterocycles. The van der Waals surface area contributed by atoms with E-state index in [0.717, 1.165) is 5.57 Å². The van der Waals surface area contributed by atoms with Crippen molar-refractivity contribution in [2.24, 2.45) is 5.92 Å². The Bertz CT molecular complexity index is 1330. The van der Waals surface area contributed by atoms with Gasteiger partial charge in [-0.25, -0.2) is 0 Å². The lowest BCUT2D eigenvalue weighted by Gasteiger charge is -2.59. The van der Waals surface area contributed by atoms with E-state index in [1.807, 2.05) is 33.8 Å². The van der Waals surface area contributed by atoms with Crippen molar-refractivity contribution in [1.82, 2.24) is 0 Å². The second-order valence-corrected chi connectivity index (χ2v) is 12.5. The van der Waals surface area contributed by atoms with Crippen LogP contribution in [0.3, 0.4) is 0 Å². The van der Waals surface area contributed by atoms with E-state index < -0.39 is 39.9 Å². The molecule has 8 nitrogen and oxygen atoms in total. The number of aliphatic hydroxyl groups is 1. The lowest BCUT2D eigenvalue weighted by Crippen LogP contribution is -2.77. The van der Waals surface area contributed by atoms with Gasteiger partial charge < -0.3 is 29.2 Å². The predicted molar refractivity (Wildman–Crippen MR) is 133 cm³/mol. The van der Waals surface area contributed by atoms with Crippen LogP contribution in [-0.2, 0) is 20.7 Å². The largest absolute Gasteiger partial charge is 0.507 e. The minimum absolute atomic E-state index is 0.0384. The van der Waals surface area contributed by atoms with Crippen LogP contribution in [0.25, 0.3) is 0 Å². The highest BCUT2D eigenvalue weighted by Crippen LogP contribution is 2.69. The van der Waals surface area contributed by atoms with Gasteiger partial charge in [0.05, 0.1) is 11.2 Å². The second-order valence-electron chi connectivity index (χ2n) is 12.5. The van der Waals surface area contributed by atoms with E-state index in [4.69, 9.17) is 18.9 Å². The monoisotopic (exact) mass is 510 g/mol. The van der Waals surface area contributed by atoms with Gasteiger partial charge in [0.1, 0.15) is 34.5 Å². The molecule has 1 saturated heterocycles. The maximum Gasteiger partial charge on any atom is 0.205 e. The minimum atomic E-state index is -1.50. The smallest absolute Gasteiger partial charge is 0.205 e. The number of hydrogen-bond donors (Lipinski definition) is 2. The maximum atomic E-state index is 14.4. The molecule has 7 rings (SSSR count). The van der Waals surface area contributed by atoms with Crippen LogP contribution in [0.5, 0.6) is 17.2 Å². The molecule has 37 heavy (non-hydrogen) atoms. The molecule has 8 heteroatoms. The molecule has 1 saturated carbocycles. The summed E-state index contributed by atoms with van der Waals surface area (Å²) < 4.78 is 25.5. The van der Waals surface area contributed by atoms with E-state index in [2.05, 4.69) is 0 Å². The summed E-state index contributed by atoms with van der Waals surface area (Å²) in [7, 11) is 1.48. The van der Waals surface area contributed by atoms with Gasteiger partial charge in [0.15, 0.2) is 17.0 Å². The van der Waals surface area contributed by atoms with Gasteiger partial charge in [-0.15, -0.1) is 0 Å². The number of Topliss-reactive ketones (excluding diaryl/α,β-unsaturated/α-hetero) is 2. The lowest BCUT2D eigenvalue weighted by molar-refractivity contribution is -0.189. The number of carbonyl (C=O) groups is 2. The molecule has 0 amide bonds. The topological polar surface area (TPSA) is 112 Å². The molecular formula is C29H34O8. The molecular weight excluding hydrogens is 476 g/mol. The third kappa shape index (κ3) is 2.79. The molecule has 0 unspecified atom stereocenters. The first kappa shape index (κ1) is 24.6. The number of methoxy groups -OCH3 is 1. The van der Waals surface area contributed by atoms with Crippen molar-refractivity contribution in [2.45, 2.75) is 94.9 Å². The fraction of sp³-hybridized carbons (Fsp3) is 0.586. The lowest BCUT2D eigenvalue weighted by atomic mass is 9.49. The number of fused-ring (bicyclic) bond motifs is 3. The summed E-state index contributed by atoms with van der Waals surface area (Å²) in [6, 6.07) is 1.41. The normalized spacial score (nSPS) is 36.3. The molecule has 6 aliphatic rings. The molecule has 0 radical (unpaired) electrons. The number of hydrogen-bond acceptors (Lipinski definition) is 8. The Kier molecular flexibility index (Phi) is 4.69. The van der Waals surface area contributed by atoms with Crippen LogP contribution in [0, 0.1) is 5.92 Å². The Morgan fingerprint density at radius 3 is 2.59 bits per heavy atom. The van der Waals surface area contributed by atoms with Crippen LogP contribution in [-0.4, -0.2) is 63.0 Å². The van der Waals surface area contributed by atoms with Crippen LogP contribution in [0.2, 0.25) is 0 Å². The van der Waals surface area contributed by atoms with E-state index in [1.54, 1.807) is 19.9 Å². The van der Waals surface area contributed by atoms with Crippen molar-refractivity contribution in [3.05, 3.63) is 40.5 Å². The fourth-order valence-electron chi connectivity index (χ4n) is 7.25. The van der Waals surface area contributed by atoms with Gasteiger partial charge in [-0.3, -0.25) is 9.59 Å². The van der Waals surface area contributed by atoms with Crippen molar-refractivity contribution >= 4 is 11.6 Å². The van der Waals surface area contributed by atoms with E-state index in [-0.39, 0.29) is 41.6 Å². The van der Waals surface area contributed by atoms with Gasteiger partial charge in [-0.1, -0.05) is 11.6 Å². The van der Waals surface area contributed by atoms with Gasteiger partial charge in [0.25, 0.3) is 0 Å².